The van der Waals surface area contributed by atoms with Gasteiger partial charge in [-0.05, 0) is 49.2 Å². The molecule has 106 valence electrons. The number of benzene rings is 3. The lowest BCUT2D eigenvalue weighted by Gasteiger charge is -2.03. The summed E-state index contributed by atoms with van der Waals surface area (Å²) in [6, 6.07) is 25.3. The molecule has 0 saturated heterocycles. The van der Waals surface area contributed by atoms with Crippen LogP contribution in [0, 0.1) is 25.7 Å². The maximum Gasteiger partial charge on any atom is 0.0255 e. The van der Waals surface area contributed by atoms with Gasteiger partial charge in [0, 0.05) is 11.1 Å². The average Bonchev–Trinajstić information content (AvgIpc) is 2.55. The third kappa shape index (κ3) is 3.45. The molecule has 0 bridgehead atoms. The smallest absolute Gasteiger partial charge is 0.0255 e. The topological polar surface area (TPSA) is 0 Å². The summed E-state index contributed by atoms with van der Waals surface area (Å²) in [5.41, 5.74) is 7.06. The molecule has 0 fully saturated rings. The van der Waals surface area contributed by atoms with Gasteiger partial charge in [0.15, 0.2) is 0 Å². The van der Waals surface area contributed by atoms with Crippen LogP contribution in [0.2, 0.25) is 0 Å². The Kier molecular flexibility index (Phi) is 4.08. The van der Waals surface area contributed by atoms with Crippen molar-refractivity contribution in [3.8, 4) is 23.0 Å². The van der Waals surface area contributed by atoms with Crippen LogP contribution in [0.25, 0.3) is 11.1 Å². The zero-order valence-electron chi connectivity index (χ0n) is 12.9. The second kappa shape index (κ2) is 6.33. The van der Waals surface area contributed by atoms with Gasteiger partial charge in [0.25, 0.3) is 0 Å². The fraction of sp³-hybridized carbons (Fsp3) is 0.0909. The van der Waals surface area contributed by atoms with Gasteiger partial charge in [-0.25, -0.2) is 0 Å². The van der Waals surface area contributed by atoms with Gasteiger partial charge in [-0.15, -0.1) is 0 Å². The van der Waals surface area contributed by atoms with E-state index < -0.39 is 0 Å². The second-order valence-electron chi connectivity index (χ2n) is 5.57. The van der Waals surface area contributed by atoms with Gasteiger partial charge in [-0.1, -0.05) is 71.5 Å². The Morgan fingerprint density at radius 1 is 0.545 bits per heavy atom. The van der Waals surface area contributed by atoms with Crippen molar-refractivity contribution in [3.63, 3.8) is 0 Å². The summed E-state index contributed by atoms with van der Waals surface area (Å²) in [5, 5.41) is 0. The zero-order chi connectivity index (χ0) is 15.4. The lowest BCUT2D eigenvalue weighted by Crippen LogP contribution is -1.82. The maximum atomic E-state index is 3.26. The lowest BCUT2D eigenvalue weighted by atomic mass is 10.0. The Balaban J connectivity index is 1.90. The highest BCUT2D eigenvalue weighted by Crippen LogP contribution is 2.21. The zero-order valence-corrected chi connectivity index (χ0v) is 12.9. The summed E-state index contributed by atoms with van der Waals surface area (Å²) in [7, 11) is 0. The Hall–Kier alpha value is -2.78. The molecule has 0 unspecified atom stereocenters. The Morgan fingerprint density at radius 3 is 1.91 bits per heavy atom. The molecule has 3 rings (SSSR count). The molecule has 0 nitrogen and oxygen atoms in total. The number of hydrogen-bond donors (Lipinski definition) is 0. The molecule has 0 radical (unpaired) electrons. The second-order valence-corrected chi connectivity index (χ2v) is 5.57. The van der Waals surface area contributed by atoms with E-state index in [-0.39, 0.29) is 0 Å². The fourth-order valence-corrected chi connectivity index (χ4v) is 2.38. The van der Waals surface area contributed by atoms with Crippen LogP contribution in [0.3, 0.4) is 0 Å². The molecule has 0 heterocycles. The lowest BCUT2D eigenvalue weighted by molar-refractivity contribution is 1.46. The van der Waals surface area contributed by atoms with Crippen molar-refractivity contribution in [2.24, 2.45) is 0 Å². The van der Waals surface area contributed by atoms with Crippen molar-refractivity contribution in [2.45, 2.75) is 13.8 Å². The molecule has 3 aromatic carbocycles. The van der Waals surface area contributed by atoms with Crippen molar-refractivity contribution in [3.05, 3.63) is 95.1 Å². The number of hydrogen-bond acceptors (Lipinski definition) is 0. The van der Waals surface area contributed by atoms with Crippen molar-refractivity contribution in [1.29, 1.82) is 0 Å². The minimum absolute atomic E-state index is 1.04. The van der Waals surface area contributed by atoms with E-state index in [9.17, 15) is 0 Å². The molecule has 0 aromatic heterocycles. The first-order valence-corrected chi connectivity index (χ1v) is 7.46. The molecule has 0 atom stereocenters. The van der Waals surface area contributed by atoms with E-state index >= 15 is 0 Å². The molecule has 3 aromatic rings. The van der Waals surface area contributed by atoms with Gasteiger partial charge in [-0.3, -0.25) is 0 Å². The molecule has 0 N–H and O–H groups in total. The van der Waals surface area contributed by atoms with E-state index in [1.165, 1.54) is 22.3 Å². The predicted molar refractivity (Wildman–Crippen MR) is 93.8 cm³/mol. The summed E-state index contributed by atoms with van der Waals surface area (Å²) >= 11 is 0. The number of rotatable bonds is 1. The van der Waals surface area contributed by atoms with Crippen LogP contribution < -0.4 is 0 Å². The standard InChI is InChI=1S/C22H18/c1-17-9-11-19(12-10-17)13-14-20-6-4-8-22(16-20)21-7-3-5-18(2)15-21/h3-12,15-16H,1-2H3. The van der Waals surface area contributed by atoms with Gasteiger partial charge < -0.3 is 0 Å². The van der Waals surface area contributed by atoms with Crippen molar-refractivity contribution in [1.82, 2.24) is 0 Å². The maximum absolute atomic E-state index is 3.26. The van der Waals surface area contributed by atoms with E-state index in [1.54, 1.807) is 0 Å². The third-order valence-electron chi connectivity index (χ3n) is 3.62. The van der Waals surface area contributed by atoms with Crippen LogP contribution in [-0.4, -0.2) is 0 Å². The Bertz CT molecular complexity index is 843. The minimum Gasteiger partial charge on any atom is -0.0617 e. The third-order valence-corrected chi connectivity index (χ3v) is 3.62. The molecule has 0 aliphatic carbocycles. The highest BCUT2D eigenvalue weighted by molar-refractivity contribution is 5.66. The SMILES string of the molecule is Cc1ccc(C#Cc2cccc(-c3cccc(C)c3)c2)cc1. The fourth-order valence-electron chi connectivity index (χ4n) is 2.38. The van der Waals surface area contributed by atoms with E-state index in [4.69, 9.17) is 0 Å². The van der Waals surface area contributed by atoms with Gasteiger partial charge in [0.2, 0.25) is 0 Å². The van der Waals surface area contributed by atoms with E-state index in [0.717, 1.165) is 11.1 Å². The molecular weight excluding hydrogens is 264 g/mol. The van der Waals surface area contributed by atoms with Crippen LogP contribution in [0.5, 0.6) is 0 Å². The molecule has 0 aliphatic heterocycles. The summed E-state index contributed by atoms with van der Waals surface area (Å²) < 4.78 is 0. The normalized spacial score (nSPS) is 9.91. The van der Waals surface area contributed by atoms with Crippen LogP contribution >= 0.6 is 0 Å². The summed E-state index contributed by atoms with van der Waals surface area (Å²) in [5.74, 6) is 6.48. The number of aryl methyl sites for hydroxylation is 2. The Labute approximate surface area is 132 Å². The van der Waals surface area contributed by atoms with Crippen LogP contribution in [0.4, 0.5) is 0 Å². The highest BCUT2D eigenvalue weighted by atomic mass is 14.0. The van der Waals surface area contributed by atoms with Gasteiger partial charge in [0.05, 0.1) is 0 Å². The summed E-state index contributed by atoms with van der Waals surface area (Å²) in [6.07, 6.45) is 0. The largest absolute Gasteiger partial charge is 0.0617 e. The van der Waals surface area contributed by atoms with Crippen molar-refractivity contribution in [2.75, 3.05) is 0 Å². The van der Waals surface area contributed by atoms with Gasteiger partial charge >= 0.3 is 0 Å². The van der Waals surface area contributed by atoms with Gasteiger partial charge in [0.1, 0.15) is 0 Å². The molecule has 0 heteroatoms. The first-order chi connectivity index (χ1) is 10.7. The van der Waals surface area contributed by atoms with Crippen molar-refractivity contribution < 1.29 is 0 Å². The first-order valence-electron chi connectivity index (χ1n) is 7.46. The van der Waals surface area contributed by atoms with Gasteiger partial charge in [-0.2, -0.15) is 0 Å². The quantitative estimate of drug-likeness (QED) is 0.526. The molecular formula is C22H18. The van der Waals surface area contributed by atoms with Crippen molar-refractivity contribution >= 4 is 0 Å². The van der Waals surface area contributed by atoms with Crippen LogP contribution in [0.1, 0.15) is 22.3 Å². The van der Waals surface area contributed by atoms with Crippen LogP contribution in [0.15, 0.2) is 72.8 Å². The monoisotopic (exact) mass is 282 g/mol. The average molecular weight is 282 g/mol. The van der Waals surface area contributed by atoms with Crippen LogP contribution in [-0.2, 0) is 0 Å². The van der Waals surface area contributed by atoms with E-state index in [2.05, 4.69) is 98.5 Å². The predicted octanol–water partition coefficient (Wildman–Crippen LogP) is 5.37. The molecule has 0 saturated carbocycles. The highest BCUT2D eigenvalue weighted by Gasteiger charge is 1.98. The van der Waals surface area contributed by atoms with E-state index in [1.807, 2.05) is 0 Å². The molecule has 22 heavy (non-hydrogen) atoms. The Morgan fingerprint density at radius 2 is 1.18 bits per heavy atom. The molecule has 0 aliphatic rings. The molecule has 0 spiro atoms. The summed E-state index contributed by atoms with van der Waals surface area (Å²) in [6.45, 7) is 4.20. The first kappa shape index (κ1) is 14.2. The molecule has 0 amide bonds. The minimum atomic E-state index is 1.04. The summed E-state index contributed by atoms with van der Waals surface area (Å²) in [4.78, 5) is 0. The van der Waals surface area contributed by atoms with E-state index in [0.29, 0.717) is 0 Å².